The van der Waals surface area contributed by atoms with E-state index >= 15 is 0 Å². The lowest BCUT2D eigenvalue weighted by molar-refractivity contribution is 0.0734. The fraction of sp³-hybridized carbons (Fsp3) is 0.643. The summed E-state index contributed by atoms with van der Waals surface area (Å²) in [5.41, 5.74) is 6.08. The van der Waals surface area contributed by atoms with Gasteiger partial charge in [0.05, 0.1) is 12.1 Å². The van der Waals surface area contributed by atoms with Crippen molar-refractivity contribution in [3.8, 4) is 0 Å². The third kappa shape index (κ3) is 3.60. The largest absolute Gasteiger partial charge is 0.467 e. The Morgan fingerprint density at radius 2 is 2.06 bits per heavy atom. The number of carbonyl (C=O) groups excluding carboxylic acids is 1. The quantitative estimate of drug-likeness (QED) is 0.811. The maximum atomic E-state index is 12.3. The lowest BCUT2D eigenvalue weighted by Crippen LogP contribution is -2.34. The highest BCUT2D eigenvalue weighted by molar-refractivity contribution is 5.94. The lowest BCUT2D eigenvalue weighted by atomic mass is 10.0. The number of rotatable bonds is 7. The van der Waals surface area contributed by atoms with E-state index in [1.54, 1.807) is 6.07 Å². The van der Waals surface area contributed by atoms with Gasteiger partial charge in [0.15, 0.2) is 0 Å². The molecule has 18 heavy (non-hydrogen) atoms. The molecule has 1 aromatic heterocycles. The molecule has 0 aliphatic heterocycles. The molecule has 1 amide bonds. The first-order chi connectivity index (χ1) is 8.65. The maximum Gasteiger partial charge on any atom is 0.257 e. The molecule has 0 aliphatic rings. The van der Waals surface area contributed by atoms with E-state index in [9.17, 15) is 4.79 Å². The minimum absolute atomic E-state index is 0.0350. The molecule has 0 atom stereocenters. The molecule has 4 nitrogen and oxygen atoms in total. The van der Waals surface area contributed by atoms with E-state index in [1.807, 2.05) is 11.8 Å². The summed E-state index contributed by atoms with van der Waals surface area (Å²) in [5.74, 6) is 1.25. The molecule has 0 aliphatic carbocycles. The highest BCUT2D eigenvalue weighted by Crippen LogP contribution is 2.14. The van der Waals surface area contributed by atoms with E-state index in [2.05, 4.69) is 13.8 Å². The van der Waals surface area contributed by atoms with Crippen molar-refractivity contribution in [3.63, 3.8) is 0 Å². The highest BCUT2D eigenvalue weighted by atomic mass is 16.3. The van der Waals surface area contributed by atoms with Crippen LogP contribution >= 0.6 is 0 Å². The van der Waals surface area contributed by atoms with Gasteiger partial charge in [-0.1, -0.05) is 26.7 Å². The van der Waals surface area contributed by atoms with Gasteiger partial charge in [0.2, 0.25) is 0 Å². The molecule has 0 saturated carbocycles. The van der Waals surface area contributed by atoms with Gasteiger partial charge >= 0.3 is 0 Å². The van der Waals surface area contributed by atoms with Crippen LogP contribution in [0.3, 0.4) is 0 Å². The zero-order valence-corrected chi connectivity index (χ0v) is 11.6. The third-order valence-electron chi connectivity index (χ3n) is 3.40. The summed E-state index contributed by atoms with van der Waals surface area (Å²) in [6, 6.07) is 1.73. The summed E-state index contributed by atoms with van der Waals surface area (Å²) in [7, 11) is 0. The predicted octanol–water partition coefficient (Wildman–Crippen LogP) is 2.64. The van der Waals surface area contributed by atoms with Crippen LogP contribution < -0.4 is 5.73 Å². The summed E-state index contributed by atoms with van der Waals surface area (Å²) in [6.07, 6.45) is 3.69. The van der Waals surface area contributed by atoms with Crippen molar-refractivity contribution in [1.82, 2.24) is 4.90 Å². The Bertz CT molecular complexity index is 370. The van der Waals surface area contributed by atoms with Gasteiger partial charge in [0.1, 0.15) is 12.0 Å². The summed E-state index contributed by atoms with van der Waals surface area (Å²) in [4.78, 5) is 14.2. The summed E-state index contributed by atoms with van der Waals surface area (Å²) in [5, 5.41) is 0. The topological polar surface area (TPSA) is 59.5 Å². The molecule has 1 aromatic rings. The molecule has 0 saturated heterocycles. The zero-order valence-electron chi connectivity index (χ0n) is 11.6. The Kier molecular flexibility index (Phi) is 5.92. The summed E-state index contributed by atoms with van der Waals surface area (Å²) >= 11 is 0. The molecule has 0 radical (unpaired) electrons. The zero-order chi connectivity index (χ0) is 13.5. The van der Waals surface area contributed by atoms with E-state index in [-0.39, 0.29) is 5.91 Å². The second-order valence-electron chi connectivity index (χ2n) is 4.53. The average Bonchev–Trinajstić information content (AvgIpc) is 2.88. The molecular formula is C14H24N2O2. The molecule has 1 rings (SSSR count). The van der Waals surface area contributed by atoms with Gasteiger partial charge in [0, 0.05) is 13.1 Å². The second-order valence-corrected chi connectivity index (χ2v) is 4.53. The van der Waals surface area contributed by atoms with Crippen molar-refractivity contribution >= 4 is 5.91 Å². The maximum absolute atomic E-state index is 12.3. The third-order valence-corrected chi connectivity index (χ3v) is 3.40. The van der Waals surface area contributed by atoms with Crippen LogP contribution in [0.15, 0.2) is 16.7 Å². The Labute approximate surface area is 109 Å². The lowest BCUT2D eigenvalue weighted by Gasteiger charge is -2.24. The molecule has 4 heteroatoms. The van der Waals surface area contributed by atoms with Gasteiger partial charge < -0.3 is 15.1 Å². The van der Waals surface area contributed by atoms with E-state index in [4.69, 9.17) is 10.2 Å². The minimum Gasteiger partial charge on any atom is -0.467 e. The number of carbonyl (C=O) groups is 1. The number of nitrogens with zero attached hydrogens (tertiary/aromatic N) is 1. The minimum atomic E-state index is 0.0350. The average molecular weight is 252 g/mol. The van der Waals surface area contributed by atoms with Gasteiger partial charge in [-0.3, -0.25) is 4.79 Å². The van der Waals surface area contributed by atoms with E-state index < -0.39 is 0 Å². The van der Waals surface area contributed by atoms with Crippen LogP contribution in [0.25, 0.3) is 0 Å². The van der Waals surface area contributed by atoms with Gasteiger partial charge in [-0.2, -0.15) is 0 Å². The Morgan fingerprint density at radius 1 is 1.39 bits per heavy atom. The van der Waals surface area contributed by atoms with E-state index in [0.717, 1.165) is 25.9 Å². The van der Waals surface area contributed by atoms with Crippen LogP contribution in [0.4, 0.5) is 0 Å². The van der Waals surface area contributed by atoms with Crippen molar-refractivity contribution in [2.45, 2.75) is 40.2 Å². The first kappa shape index (κ1) is 14.8. The first-order valence-electron chi connectivity index (χ1n) is 6.72. The molecule has 0 bridgehead atoms. The highest BCUT2D eigenvalue weighted by Gasteiger charge is 2.19. The normalized spacial score (nSPS) is 10.9. The SMILES string of the molecule is CCC(CC)CN(CC)C(=O)c1coc(CN)c1. The van der Waals surface area contributed by atoms with Gasteiger partial charge in [-0.15, -0.1) is 0 Å². The van der Waals surface area contributed by atoms with Crippen molar-refractivity contribution in [1.29, 1.82) is 0 Å². The van der Waals surface area contributed by atoms with Crippen LogP contribution in [-0.2, 0) is 6.54 Å². The number of nitrogens with two attached hydrogens (primary N) is 1. The van der Waals surface area contributed by atoms with E-state index in [0.29, 0.717) is 23.8 Å². The Balaban J connectivity index is 2.72. The predicted molar refractivity (Wildman–Crippen MR) is 72.2 cm³/mol. The molecular weight excluding hydrogens is 228 g/mol. The smallest absolute Gasteiger partial charge is 0.257 e. The van der Waals surface area contributed by atoms with Crippen LogP contribution in [0, 0.1) is 5.92 Å². The molecule has 0 aromatic carbocycles. The van der Waals surface area contributed by atoms with Crippen molar-refractivity contribution < 1.29 is 9.21 Å². The van der Waals surface area contributed by atoms with Crippen LogP contribution in [0.5, 0.6) is 0 Å². The monoisotopic (exact) mass is 252 g/mol. The van der Waals surface area contributed by atoms with Crippen LogP contribution in [0.2, 0.25) is 0 Å². The Hall–Kier alpha value is -1.29. The number of hydrogen-bond acceptors (Lipinski definition) is 3. The number of hydrogen-bond donors (Lipinski definition) is 1. The van der Waals surface area contributed by atoms with Crippen molar-refractivity contribution in [3.05, 3.63) is 23.7 Å². The first-order valence-corrected chi connectivity index (χ1v) is 6.72. The van der Waals surface area contributed by atoms with Gasteiger partial charge in [-0.05, 0) is 18.9 Å². The molecule has 0 fully saturated rings. The standard InChI is InChI=1S/C14H24N2O2/c1-4-11(5-2)9-16(6-3)14(17)12-7-13(8-15)18-10-12/h7,10-11H,4-6,8-9,15H2,1-3H3. The van der Waals surface area contributed by atoms with Crippen LogP contribution in [0.1, 0.15) is 49.7 Å². The molecule has 0 unspecified atom stereocenters. The fourth-order valence-electron chi connectivity index (χ4n) is 2.00. The number of furan rings is 1. The van der Waals surface area contributed by atoms with Gasteiger partial charge in [-0.25, -0.2) is 0 Å². The fourth-order valence-corrected chi connectivity index (χ4v) is 2.00. The second kappa shape index (κ2) is 7.21. The molecule has 0 spiro atoms. The molecule has 1 heterocycles. The number of amides is 1. The molecule has 2 N–H and O–H groups in total. The summed E-state index contributed by atoms with van der Waals surface area (Å²) in [6.45, 7) is 8.19. The summed E-state index contributed by atoms with van der Waals surface area (Å²) < 4.78 is 5.21. The van der Waals surface area contributed by atoms with Crippen molar-refractivity contribution in [2.24, 2.45) is 11.7 Å². The Morgan fingerprint density at radius 3 is 2.50 bits per heavy atom. The van der Waals surface area contributed by atoms with Crippen LogP contribution in [-0.4, -0.2) is 23.9 Å². The van der Waals surface area contributed by atoms with E-state index in [1.165, 1.54) is 6.26 Å². The molecule has 102 valence electrons. The van der Waals surface area contributed by atoms with Gasteiger partial charge in [0.25, 0.3) is 5.91 Å². The van der Waals surface area contributed by atoms with Crippen molar-refractivity contribution in [2.75, 3.05) is 13.1 Å².